The molecular formula is C14H14BrClFN3. The molecule has 0 aliphatic rings. The highest BCUT2D eigenvalue weighted by molar-refractivity contribution is 9.10. The van der Waals surface area contributed by atoms with Gasteiger partial charge in [-0.15, -0.1) is 0 Å². The molecule has 1 aromatic carbocycles. The molecular weight excluding hydrogens is 345 g/mol. The first-order valence-corrected chi connectivity index (χ1v) is 7.46. The Morgan fingerprint density at radius 3 is 2.70 bits per heavy atom. The minimum atomic E-state index is -0.456. The van der Waals surface area contributed by atoms with E-state index in [9.17, 15) is 4.39 Å². The molecule has 0 saturated heterocycles. The summed E-state index contributed by atoms with van der Waals surface area (Å²) in [6.45, 7) is 2.77. The summed E-state index contributed by atoms with van der Waals surface area (Å²) in [4.78, 5) is 8.41. The molecule has 1 aromatic heterocycles. The fourth-order valence-corrected chi connectivity index (χ4v) is 2.33. The van der Waals surface area contributed by atoms with Crippen LogP contribution >= 0.6 is 27.5 Å². The van der Waals surface area contributed by atoms with Crippen molar-refractivity contribution in [3.05, 3.63) is 57.3 Å². The summed E-state index contributed by atoms with van der Waals surface area (Å²) in [6.07, 6.45) is 4.21. The van der Waals surface area contributed by atoms with Gasteiger partial charge in [-0.3, -0.25) is 0 Å². The first-order valence-electron chi connectivity index (χ1n) is 6.28. The van der Waals surface area contributed by atoms with Crippen LogP contribution in [0.1, 0.15) is 30.8 Å². The Morgan fingerprint density at radius 1 is 1.35 bits per heavy atom. The van der Waals surface area contributed by atoms with Gasteiger partial charge in [0.15, 0.2) is 0 Å². The second-order valence-electron chi connectivity index (χ2n) is 4.26. The molecule has 0 fully saturated rings. The van der Waals surface area contributed by atoms with Crippen molar-refractivity contribution in [1.29, 1.82) is 0 Å². The van der Waals surface area contributed by atoms with Crippen LogP contribution in [0.5, 0.6) is 0 Å². The molecule has 1 N–H and O–H groups in total. The van der Waals surface area contributed by atoms with E-state index < -0.39 is 11.9 Å². The molecule has 0 aliphatic heterocycles. The van der Waals surface area contributed by atoms with E-state index in [1.807, 2.05) is 6.92 Å². The van der Waals surface area contributed by atoms with Crippen LogP contribution in [0, 0.1) is 5.82 Å². The summed E-state index contributed by atoms with van der Waals surface area (Å²) in [6, 6.07) is 4.73. The van der Waals surface area contributed by atoms with Crippen LogP contribution in [0.25, 0.3) is 0 Å². The third-order valence-electron chi connectivity index (χ3n) is 2.82. The van der Waals surface area contributed by atoms with Crippen LogP contribution in [0.15, 0.2) is 35.1 Å². The number of hydrogen-bond donors (Lipinski definition) is 1. The van der Waals surface area contributed by atoms with Gasteiger partial charge in [0.25, 0.3) is 0 Å². The Labute approximate surface area is 130 Å². The fourth-order valence-electron chi connectivity index (χ4n) is 1.85. The van der Waals surface area contributed by atoms with Gasteiger partial charge < -0.3 is 5.32 Å². The maximum absolute atomic E-state index is 14.4. The van der Waals surface area contributed by atoms with Crippen molar-refractivity contribution in [2.45, 2.75) is 19.4 Å². The zero-order valence-electron chi connectivity index (χ0n) is 10.9. The highest BCUT2D eigenvalue weighted by Crippen LogP contribution is 2.31. The van der Waals surface area contributed by atoms with E-state index in [2.05, 4.69) is 31.2 Å². The van der Waals surface area contributed by atoms with E-state index in [4.69, 9.17) is 11.6 Å². The van der Waals surface area contributed by atoms with Crippen LogP contribution in [0.4, 0.5) is 4.39 Å². The monoisotopic (exact) mass is 357 g/mol. The molecule has 0 radical (unpaired) electrons. The van der Waals surface area contributed by atoms with Crippen molar-refractivity contribution >= 4 is 27.5 Å². The van der Waals surface area contributed by atoms with Crippen molar-refractivity contribution in [2.75, 3.05) is 6.54 Å². The van der Waals surface area contributed by atoms with E-state index in [0.29, 0.717) is 15.9 Å². The van der Waals surface area contributed by atoms with Crippen molar-refractivity contribution in [2.24, 2.45) is 0 Å². The summed E-state index contributed by atoms with van der Waals surface area (Å²) in [7, 11) is 0. The molecule has 2 rings (SSSR count). The highest BCUT2D eigenvalue weighted by Gasteiger charge is 2.22. The molecule has 1 unspecified atom stereocenters. The third-order valence-corrected chi connectivity index (χ3v) is 4.08. The van der Waals surface area contributed by atoms with E-state index in [-0.39, 0.29) is 5.02 Å². The van der Waals surface area contributed by atoms with E-state index in [1.165, 1.54) is 0 Å². The molecule has 3 nitrogen and oxygen atoms in total. The van der Waals surface area contributed by atoms with Crippen molar-refractivity contribution in [3.63, 3.8) is 0 Å². The summed E-state index contributed by atoms with van der Waals surface area (Å²) in [5.41, 5.74) is 0.442. The molecule has 2 aromatic rings. The maximum atomic E-state index is 14.4. The minimum Gasteiger partial charge on any atom is -0.304 e. The molecule has 106 valence electrons. The lowest BCUT2D eigenvalue weighted by Crippen LogP contribution is -2.26. The van der Waals surface area contributed by atoms with E-state index >= 15 is 0 Å². The SMILES string of the molecule is CCCNC(c1ncccn1)c1ccc(Br)c(Cl)c1F. The third kappa shape index (κ3) is 3.34. The molecule has 20 heavy (non-hydrogen) atoms. The topological polar surface area (TPSA) is 37.8 Å². The molecule has 1 atom stereocenters. The molecule has 0 bridgehead atoms. The normalized spacial score (nSPS) is 12.4. The number of aromatic nitrogens is 2. The lowest BCUT2D eigenvalue weighted by atomic mass is 10.1. The second kappa shape index (κ2) is 7.11. The van der Waals surface area contributed by atoms with Crippen molar-refractivity contribution < 1.29 is 4.39 Å². The average Bonchev–Trinajstić information content (AvgIpc) is 2.48. The quantitative estimate of drug-likeness (QED) is 0.817. The Kier molecular flexibility index (Phi) is 5.46. The van der Waals surface area contributed by atoms with Gasteiger partial charge in [-0.25, -0.2) is 14.4 Å². The molecule has 0 amide bonds. The van der Waals surface area contributed by atoms with Crippen LogP contribution in [0.2, 0.25) is 5.02 Å². The predicted molar refractivity (Wildman–Crippen MR) is 81.3 cm³/mol. The molecule has 0 spiro atoms. The van der Waals surface area contributed by atoms with Gasteiger partial charge in [0.1, 0.15) is 11.6 Å². The van der Waals surface area contributed by atoms with Crippen molar-refractivity contribution in [3.8, 4) is 0 Å². The van der Waals surface area contributed by atoms with E-state index in [1.54, 1.807) is 30.6 Å². The largest absolute Gasteiger partial charge is 0.304 e. The Morgan fingerprint density at radius 2 is 2.05 bits per heavy atom. The number of rotatable bonds is 5. The van der Waals surface area contributed by atoms with E-state index in [0.717, 1.165) is 13.0 Å². The smallest absolute Gasteiger partial charge is 0.149 e. The Balaban J connectivity index is 2.44. The van der Waals surface area contributed by atoms with Gasteiger partial charge in [-0.05, 0) is 41.0 Å². The standard InChI is InChI=1S/C14H14BrClFN3/c1-2-6-18-13(14-19-7-3-8-20-14)9-4-5-10(15)11(16)12(9)17/h3-5,7-8,13,18H,2,6H2,1H3. The first kappa shape index (κ1) is 15.4. The van der Waals surface area contributed by atoms with Crippen LogP contribution < -0.4 is 5.32 Å². The van der Waals surface area contributed by atoms with Gasteiger partial charge in [-0.2, -0.15) is 0 Å². The zero-order valence-corrected chi connectivity index (χ0v) is 13.2. The second-order valence-corrected chi connectivity index (χ2v) is 5.49. The first-order chi connectivity index (χ1) is 9.65. The molecule has 6 heteroatoms. The van der Waals surface area contributed by atoms with Crippen LogP contribution in [-0.2, 0) is 0 Å². The van der Waals surface area contributed by atoms with Gasteiger partial charge in [0.05, 0.1) is 11.1 Å². The van der Waals surface area contributed by atoms with Gasteiger partial charge >= 0.3 is 0 Å². The summed E-state index contributed by atoms with van der Waals surface area (Å²) < 4.78 is 14.9. The number of nitrogens with zero attached hydrogens (tertiary/aromatic N) is 2. The van der Waals surface area contributed by atoms with Crippen LogP contribution in [-0.4, -0.2) is 16.5 Å². The summed E-state index contributed by atoms with van der Waals surface area (Å²) in [5, 5.41) is 3.32. The maximum Gasteiger partial charge on any atom is 0.149 e. The lowest BCUT2D eigenvalue weighted by Gasteiger charge is -2.19. The Hall–Kier alpha value is -1.04. The van der Waals surface area contributed by atoms with Crippen molar-refractivity contribution in [1.82, 2.24) is 15.3 Å². The summed E-state index contributed by atoms with van der Waals surface area (Å²) in [5.74, 6) is 0.0698. The lowest BCUT2D eigenvalue weighted by molar-refractivity contribution is 0.530. The number of benzene rings is 1. The van der Waals surface area contributed by atoms with Gasteiger partial charge in [0.2, 0.25) is 0 Å². The average molecular weight is 359 g/mol. The number of nitrogens with one attached hydrogen (secondary N) is 1. The number of halogens is 3. The summed E-state index contributed by atoms with van der Waals surface area (Å²) >= 11 is 9.17. The van der Waals surface area contributed by atoms with Gasteiger partial charge in [-0.1, -0.05) is 24.6 Å². The van der Waals surface area contributed by atoms with Gasteiger partial charge in [0, 0.05) is 22.4 Å². The molecule has 1 heterocycles. The number of hydrogen-bond acceptors (Lipinski definition) is 3. The molecule has 0 aliphatic carbocycles. The van der Waals surface area contributed by atoms with Crippen LogP contribution in [0.3, 0.4) is 0 Å². The fraction of sp³-hybridized carbons (Fsp3) is 0.286. The molecule has 0 saturated carbocycles. The predicted octanol–water partition coefficient (Wildman–Crippen LogP) is 4.12. The zero-order chi connectivity index (χ0) is 14.5. The minimum absolute atomic E-state index is 0.0710. The Bertz CT molecular complexity index is 580. The highest BCUT2D eigenvalue weighted by atomic mass is 79.9.